The Hall–Kier alpha value is -1.28. The van der Waals surface area contributed by atoms with Gasteiger partial charge in [-0.25, -0.2) is 0 Å². The Bertz CT molecular complexity index is 320. The Morgan fingerprint density at radius 3 is 2.86 bits per heavy atom. The quantitative estimate of drug-likeness (QED) is 0.768. The summed E-state index contributed by atoms with van der Waals surface area (Å²) < 4.78 is 0. The molecule has 1 rings (SSSR count). The molecule has 2 heteroatoms. The molecule has 1 aromatic carbocycles. The van der Waals surface area contributed by atoms with Crippen LogP contribution in [-0.2, 0) is 0 Å². The van der Waals surface area contributed by atoms with Gasteiger partial charge in [-0.05, 0) is 24.1 Å². The van der Waals surface area contributed by atoms with Crippen molar-refractivity contribution in [3.63, 3.8) is 0 Å². The van der Waals surface area contributed by atoms with Gasteiger partial charge in [0.2, 0.25) is 0 Å². The second-order valence-corrected chi connectivity index (χ2v) is 3.42. The second-order valence-electron chi connectivity index (χ2n) is 3.42. The van der Waals surface area contributed by atoms with E-state index in [1.807, 2.05) is 12.1 Å². The van der Waals surface area contributed by atoms with E-state index in [0.717, 1.165) is 24.0 Å². The van der Waals surface area contributed by atoms with Crippen molar-refractivity contribution in [3.05, 3.63) is 35.9 Å². The lowest BCUT2D eigenvalue weighted by molar-refractivity contribution is 0.458. The van der Waals surface area contributed by atoms with Crippen LogP contribution in [0.1, 0.15) is 36.9 Å². The average Bonchev–Trinajstić information content (AvgIpc) is 2.19. The summed E-state index contributed by atoms with van der Waals surface area (Å²) in [6, 6.07) is 5.30. The van der Waals surface area contributed by atoms with E-state index >= 15 is 0 Å². The molecule has 0 saturated heterocycles. The summed E-state index contributed by atoms with van der Waals surface area (Å²) >= 11 is 0. The first kappa shape index (κ1) is 10.8. The lowest BCUT2D eigenvalue weighted by Gasteiger charge is -2.13. The Morgan fingerprint density at radius 1 is 1.57 bits per heavy atom. The van der Waals surface area contributed by atoms with Gasteiger partial charge in [0.15, 0.2) is 0 Å². The molecule has 0 saturated carbocycles. The Kier molecular flexibility index (Phi) is 3.72. The minimum atomic E-state index is -0.0834. The van der Waals surface area contributed by atoms with Crippen LogP contribution in [0.5, 0.6) is 5.75 Å². The third-order valence-electron chi connectivity index (χ3n) is 2.29. The average molecular weight is 191 g/mol. The van der Waals surface area contributed by atoms with Gasteiger partial charge in [-0.1, -0.05) is 32.1 Å². The van der Waals surface area contributed by atoms with Crippen LogP contribution in [0.3, 0.4) is 0 Å². The molecule has 2 nitrogen and oxygen atoms in total. The molecule has 0 aliphatic carbocycles. The molecule has 1 aromatic rings. The van der Waals surface area contributed by atoms with E-state index in [4.69, 9.17) is 5.73 Å². The molecule has 0 fully saturated rings. The Balaban J connectivity index is 2.99. The highest BCUT2D eigenvalue weighted by Crippen LogP contribution is 2.26. The summed E-state index contributed by atoms with van der Waals surface area (Å²) in [5.41, 5.74) is 7.74. The Labute approximate surface area is 85.1 Å². The van der Waals surface area contributed by atoms with Crippen molar-refractivity contribution in [2.75, 3.05) is 0 Å². The first-order chi connectivity index (χ1) is 6.69. The summed E-state index contributed by atoms with van der Waals surface area (Å²) in [5.74, 6) is 0.275. The fourth-order valence-corrected chi connectivity index (χ4v) is 1.46. The molecule has 0 bridgehead atoms. The molecule has 14 heavy (non-hydrogen) atoms. The predicted octanol–water partition coefficient (Wildman–Crippen LogP) is 2.84. The number of phenols is 1. The normalized spacial score (nSPS) is 12.4. The van der Waals surface area contributed by atoms with Crippen LogP contribution in [0.25, 0.3) is 6.08 Å². The van der Waals surface area contributed by atoms with Crippen molar-refractivity contribution in [1.82, 2.24) is 0 Å². The van der Waals surface area contributed by atoms with Gasteiger partial charge in [0.05, 0.1) is 0 Å². The minimum Gasteiger partial charge on any atom is -0.508 e. The first-order valence-corrected chi connectivity index (χ1v) is 4.90. The summed E-state index contributed by atoms with van der Waals surface area (Å²) in [7, 11) is 0. The molecule has 76 valence electrons. The number of benzene rings is 1. The standard InChI is InChI=1S/C12H17NO/c1-3-5-11(13)10-8-9(4-2)6-7-12(10)14/h4,6-8,11,14H,2-3,5,13H2,1H3/t11-/m1/s1. The van der Waals surface area contributed by atoms with E-state index in [1.165, 1.54) is 0 Å². The molecule has 0 aromatic heterocycles. The largest absolute Gasteiger partial charge is 0.508 e. The highest BCUT2D eigenvalue weighted by molar-refractivity contribution is 5.52. The van der Waals surface area contributed by atoms with Crippen LogP contribution in [-0.4, -0.2) is 5.11 Å². The Morgan fingerprint density at radius 2 is 2.29 bits per heavy atom. The number of hydrogen-bond donors (Lipinski definition) is 2. The van der Waals surface area contributed by atoms with Crippen molar-refractivity contribution in [2.45, 2.75) is 25.8 Å². The SMILES string of the molecule is C=Cc1ccc(O)c([C@H](N)CCC)c1. The molecule has 1 atom stereocenters. The molecule has 0 radical (unpaired) electrons. The molecule has 0 aliphatic heterocycles. The van der Waals surface area contributed by atoms with Crippen LogP contribution in [0.4, 0.5) is 0 Å². The third-order valence-corrected chi connectivity index (χ3v) is 2.29. The zero-order valence-corrected chi connectivity index (χ0v) is 8.53. The van der Waals surface area contributed by atoms with Crippen molar-refractivity contribution in [3.8, 4) is 5.75 Å². The van der Waals surface area contributed by atoms with Crippen molar-refractivity contribution in [2.24, 2.45) is 5.73 Å². The van der Waals surface area contributed by atoms with E-state index in [1.54, 1.807) is 12.1 Å². The molecular formula is C12H17NO. The van der Waals surface area contributed by atoms with Gasteiger partial charge in [-0.15, -0.1) is 0 Å². The number of rotatable bonds is 4. The molecule has 0 spiro atoms. The smallest absolute Gasteiger partial charge is 0.120 e. The number of aromatic hydroxyl groups is 1. The number of phenolic OH excluding ortho intramolecular Hbond substituents is 1. The van der Waals surface area contributed by atoms with Crippen LogP contribution in [0, 0.1) is 0 Å². The minimum absolute atomic E-state index is 0.0834. The zero-order valence-electron chi connectivity index (χ0n) is 8.53. The highest BCUT2D eigenvalue weighted by Gasteiger charge is 2.09. The van der Waals surface area contributed by atoms with Crippen LogP contribution in [0.15, 0.2) is 24.8 Å². The summed E-state index contributed by atoms with van der Waals surface area (Å²) in [5, 5.41) is 9.61. The van der Waals surface area contributed by atoms with Crippen LogP contribution < -0.4 is 5.73 Å². The maximum atomic E-state index is 9.61. The van der Waals surface area contributed by atoms with Gasteiger partial charge in [0.25, 0.3) is 0 Å². The molecule has 0 aliphatic rings. The van der Waals surface area contributed by atoms with Crippen molar-refractivity contribution in [1.29, 1.82) is 0 Å². The molecule has 0 unspecified atom stereocenters. The number of hydrogen-bond acceptors (Lipinski definition) is 2. The molecule has 0 heterocycles. The molecular weight excluding hydrogens is 174 g/mol. The van der Waals surface area contributed by atoms with Gasteiger partial charge in [0, 0.05) is 11.6 Å². The van der Waals surface area contributed by atoms with E-state index in [9.17, 15) is 5.11 Å². The van der Waals surface area contributed by atoms with E-state index in [-0.39, 0.29) is 11.8 Å². The van der Waals surface area contributed by atoms with Gasteiger partial charge in [-0.2, -0.15) is 0 Å². The predicted molar refractivity (Wildman–Crippen MR) is 60.0 cm³/mol. The van der Waals surface area contributed by atoms with Gasteiger partial charge < -0.3 is 10.8 Å². The summed E-state index contributed by atoms with van der Waals surface area (Å²) in [6.45, 7) is 5.76. The summed E-state index contributed by atoms with van der Waals surface area (Å²) in [6.07, 6.45) is 3.65. The van der Waals surface area contributed by atoms with Crippen molar-refractivity contribution < 1.29 is 5.11 Å². The third kappa shape index (κ3) is 2.36. The number of nitrogens with two attached hydrogens (primary N) is 1. The summed E-state index contributed by atoms with van der Waals surface area (Å²) in [4.78, 5) is 0. The fourth-order valence-electron chi connectivity index (χ4n) is 1.46. The topological polar surface area (TPSA) is 46.2 Å². The van der Waals surface area contributed by atoms with Crippen LogP contribution >= 0.6 is 0 Å². The first-order valence-electron chi connectivity index (χ1n) is 4.90. The lowest BCUT2D eigenvalue weighted by atomic mass is 10.00. The lowest BCUT2D eigenvalue weighted by Crippen LogP contribution is -2.10. The zero-order chi connectivity index (χ0) is 10.6. The van der Waals surface area contributed by atoms with Gasteiger partial charge in [-0.3, -0.25) is 0 Å². The maximum Gasteiger partial charge on any atom is 0.120 e. The van der Waals surface area contributed by atoms with Gasteiger partial charge in [0.1, 0.15) is 5.75 Å². The van der Waals surface area contributed by atoms with E-state index < -0.39 is 0 Å². The highest BCUT2D eigenvalue weighted by atomic mass is 16.3. The molecule has 3 N–H and O–H groups in total. The van der Waals surface area contributed by atoms with E-state index in [0.29, 0.717) is 0 Å². The van der Waals surface area contributed by atoms with Gasteiger partial charge >= 0.3 is 0 Å². The maximum absolute atomic E-state index is 9.61. The van der Waals surface area contributed by atoms with Crippen molar-refractivity contribution >= 4 is 6.08 Å². The monoisotopic (exact) mass is 191 g/mol. The molecule has 0 amide bonds. The second kappa shape index (κ2) is 4.82. The van der Waals surface area contributed by atoms with E-state index in [2.05, 4.69) is 13.5 Å². The fraction of sp³-hybridized carbons (Fsp3) is 0.333. The van der Waals surface area contributed by atoms with Crippen LogP contribution in [0.2, 0.25) is 0 Å².